The second-order valence-corrected chi connectivity index (χ2v) is 8.57. The Labute approximate surface area is 121 Å². The zero-order chi connectivity index (χ0) is 13.8. The maximum Gasteiger partial charge on any atom is -0.0199 e. The highest BCUT2D eigenvalue weighted by atomic mass is 31.2. The van der Waals surface area contributed by atoms with Crippen LogP contribution in [0.1, 0.15) is 0 Å². The lowest BCUT2D eigenvalue weighted by Gasteiger charge is -2.34. The normalized spacial score (nSPS) is 11.2. The molecule has 0 atom stereocenters. The van der Waals surface area contributed by atoms with Gasteiger partial charge in [0.15, 0.2) is 0 Å². The van der Waals surface area contributed by atoms with E-state index in [0.717, 1.165) is 0 Å². The van der Waals surface area contributed by atoms with Gasteiger partial charge in [0.1, 0.15) is 0 Å². The third-order valence-electron chi connectivity index (χ3n) is 3.82. The quantitative estimate of drug-likeness (QED) is 0.642. The SMILES string of the molecule is C[P](c1ccccc1)(c1ccccc1)c1ccccc1. The molecule has 0 amide bonds. The van der Waals surface area contributed by atoms with Crippen molar-refractivity contribution in [2.24, 2.45) is 0 Å². The van der Waals surface area contributed by atoms with E-state index in [1.807, 2.05) is 0 Å². The number of hydrogen-bond donors (Lipinski definition) is 0. The Morgan fingerprint density at radius 1 is 0.450 bits per heavy atom. The summed E-state index contributed by atoms with van der Waals surface area (Å²) in [4.78, 5) is 0. The molecule has 0 aliphatic carbocycles. The molecule has 0 fully saturated rings. The second kappa shape index (κ2) is 5.61. The molecule has 3 aromatic carbocycles. The summed E-state index contributed by atoms with van der Waals surface area (Å²) < 4.78 is 0. The summed E-state index contributed by atoms with van der Waals surface area (Å²) >= 11 is 0. The van der Waals surface area contributed by atoms with Gasteiger partial charge < -0.3 is 0 Å². The van der Waals surface area contributed by atoms with Crippen LogP contribution in [0.3, 0.4) is 0 Å². The van der Waals surface area contributed by atoms with Crippen LogP contribution in [0.15, 0.2) is 91.0 Å². The summed E-state index contributed by atoms with van der Waals surface area (Å²) in [6, 6.07) is 32.6. The Morgan fingerprint density at radius 3 is 0.950 bits per heavy atom. The highest BCUT2D eigenvalue weighted by Gasteiger charge is 2.27. The lowest BCUT2D eigenvalue weighted by molar-refractivity contribution is 1.72. The van der Waals surface area contributed by atoms with Gasteiger partial charge in [-0.15, -0.1) is 0 Å². The van der Waals surface area contributed by atoms with Gasteiger partial charge in [-0.05, 0) is 29.8 Å². The Bertz CT molecular complexity index is 563. The van der Waals surface area contributed by atoms with Gasteiger partial charge in [0, 0.05) is 0 Å². The van der Waals surface area contributed by atoms with Crippen LogP contribution in [0.5, 0.6) is 0 Å². The molecule has 0 saturated heterocycles. The van der Waals surface area contributed by atoms with Gasteiger partial charge in [-0.2, -0.15) is 0 Å². The molecule has 0 aromatic heterocycles. The van der Waals surface area contributed by atoms with Crippen LogP contribution in [0.2, 0.25) is 0 Å². The zero-order valence-corrected chi connectivity index (χ0v) is 12.5. The van der Waals surface area contributed by atoms with E-state index in [-0.39, 0.29) is 0 Å². The molecule has 0 saturated carbocycles. The van der Waals surface area contributed by atoms with Crippen molar-refractivity contribution < 1.29 is 0 Å². The predicted molar refractivity (Wildman–Crippen MR) is 91.1 cm³/mol. The third-order valence-corrected chi connectivity index (χ3v) is 7.81. The van der Waals surface area contributed by atoms with E-state index in [1.54, 1.807) is 0 Å². The van der Waals surface area contributed by atoms with Crippen molar-refractivity contribution >= 4 is 23.2 Å². The van der Waals surface area contributed by atoms with Crippen molar-refractivity contribution in [3.63, 3.8) is 0 Å². The molecule has 1 radical (unpaired) electrons. The summed E-state index contributed by atoms with van der Waals surface area (Å²) in [6.07, 6.45) is 0. The molecule has 0 unspecified atom stereocenters. The molecule has 0 N–H and O–H groups in total. The first-order chi connectivity index (χ1) is 9.82. The summed E-state index contributed by atoms with van der Waals surface area (Å²) in [7, 11) is -1.53. The maximum atomic E-state index is 2.41. The maximum absolute atomic E-state index is 2.41. The van der Waals surface area contributed by atoms with E-state index in [0.29, 0.717) is 0 Å². The van der Waals surface area contributed by atoms with Crippen LogP contribution >= 0.6 is 7.26 Å². The minimum atomic E-state index is -1.53. The van der Waals surface area contributed by atoms with Gasteiger partial charge in [0.2, 0.25) is 0 Å². The number of rotatable bonds is 3. The molecule has 0 spiro atoms. The first-order valence-corrected chi connectivity index (χ1v) is 9.09. The monoisotopic (exact) mass is 277 g/mol. The van der Waals surface area contributed by atoms with Crippen LogP contribution in [0.4, 0.5) is 0 Å². The lowest BCUT2D eigenvalue weighted by atomic mass is 10.4. The minimum Gasteiger partial charge on any atom is -0.0622 e. The molecule has 3 aromatic rings. The van der Waals surface area contributed by atoms with Crippen LogP contribution in [-0.4, -0.2) is 6.66 Å². The number of benzene rings is 3. The molecule has 0 bridgehead atoms. The van der Waals surface area contributed by atoms with Crippen molar-refractivity contribution in [1.29, 1.82) is 0 Å². The lowest BCUT2D eigenvalue weighted by Crippen LogP contribution is -2.30. The summed E-state index contributed by atoms with van der Waals surface area (Å²) in [5, 5.41) is 4.28. The van der Waals surface area contributed by atoms with Crippen molar-refractivity contribution in [3.8, 4) is 0 Å². The largest absolute Gasteiger partial charge is 0.0622 e. The molecule has 0 nitrogen and oxygen atoms in total. The summed E-state index contributed by atoms with van der Waals surface area (Å²) in [5.41, 5.74) is 0. The van der Waals surface area contributed by atoms with Gasteiger partial charge in [-0.1, -0.05) is 91.0 Å². The topological polar surface area (TPSA) is 0 Å². The summed E-state index contributed by atoms with van der Waals surface area (Å²) in [6.45, 7) is 2.41. The van der Waals surface area contributed by atoms with Crippen LogP contribution in [0.25, 0.3) is 0 Å². The fraction of sp³-hybridized carbons (Fsp3) is 0.0526. The molecule has 1 heteroatoms. The Hall–Kier alpha value is -1.91. The van der Waals surface area contributed by atoms with E-state index in [1.165, 1.54) is 15.9 Å². The predicted octanol–water partition coefficient (Wildman–Crippen LogP) is 3.61. The fourth-order valence-corrected chi connectivity index (χ4v) is 5.83. The molecular formula is C19H18P. The van der Waals surface area contributed by atoms with E-state index in [9.17, 15) is 0 Å². The summed E-state index contributed by atoms with van der Waals surface area (Å²) in [5.74, 6) is 0. The van der Waals surface area contributed by atoms with Gasteiger partial charge in [-0.25, -0.2) is 0 Å². The molecule has 0 heterocycles. The highest BCUT2D eigenvalue weighted by Crippen LogP contribution is 2.51. The van der Waals surface area contributed by atoms with Crippen LogP contribution in [0, 0.1) is 0 Å². The molecule has 20 heavy (non-hydrogen) atoms. The minimum absolute atomic E-state index is 1.43. The third kappa shape index (κ3) is 2.28. The highest BCUT2D eigenvalue weighted by molar-refractivity contribution is 7.95. The molecule has 99 valence electrons. The molecular weight excluding hydrogens is 259 g/mol. The standard InChI is InChI=1S/C19H18P/c1-20(17-11-5-2-6-12-17,18-13-7-3-8-14-18)19-15-9-4-10-16-19/h2-16H,1H3. The fourth-order valence-electron chi connectivity index (χ4n) is 2.63. The second-order valence-electron chi connectivity index (χ2n) is 5.01. The zero-order valence-electron chi connectivity index (χ0n) is 11.6. The van der Waals surface area contributed by atoms with Crippen molar-refractivity contribution in [2.45, 2.75) is 0 Å². The average Bonchev–Trinajstić information content (AvgIpc) is 2.56. The van der Waals surface area contributed by atoms with Crippen LogP contribution < -0.4 is 15.9 Å². The van der Waals surface area contributed by atoms with E-state index >= 15 is 0 Å². The van der Waals surface area contributed by atoms with Gasteiger partial charge in [0.25, 0.3) is 0 Å². The smallest absolute Gasteiger partial charge is 0.0199 e. The van der Waals surface area contributed by atoms with Crippen molar-refractivity contribution in [1.82, 2.24) is 0 Å². The Kier molecular flexibility index (Phi) is 3.67. The van der Waals surface area contributed by atoms with Crippen molar-refractivity contribution in [2.75, 3.05) is 6.66 Å². The first-order valence-electron chi connectivity index (χ1n) is 6.85. The van der Waals surface area contributed by atoms with Gasteiger partial charge in [-0.3, -0.25) is 0 Å². The number of hydrogen-bond acceptors (Lipinski definition) is 0. The van der Waals surface area contributed by atoms with E-state index < -0.39 is 7.26 Å². The van der Waals surface area contributed by atoms with Gasteiger partial charge >= 0.3 is 0 Å². The average molecular weight is 277 g/mol. The van der Waals surface area contributed by atoms with Crippen LogP contribution in [-0.2, 0) is 0 Å². The molecule has 3 rings (SSSR count). The van der Waals surface area contributed by atoms with Crippen molar-refractivity contribution in [3.05, 3.63) is 91.0 Å². The Balaban J connectivity index is 2.24. The van der Waals surface area contributed by atoms with Gasteiger partial charge in [0.05, 0.1) is 0 Å². The first kappa shape index (κ1) is 13.1. The van der Waals surface area contributed by atoms with E-state index in [2.05, 4.69) is 97.7 Å². The Morgan fingerprint density at radius 2 is 0.700 bits per heavy atom. The molecule has 0 aliphatic heterocycles. The molecule has 0 aliphatic rings. The van der Waals surface area contributed by atoms with E-state index in [4.69, 9.17) is 0 Å².